The first-order valence-corrected chi connectivity index (χ1v) is 5.70. The van der Waals surface area contributed by atoms with Crippen molar-refractivity contribution in [1.29, 1.82) is 0 Å². The van der Waals surface area contributed by atoms with Gasteiger partial charge in [-0.3, -0.25) is 4.90 Å². The molecular formula is C12H20ClN3. The van der Waals surface area contributed by atoms with Crippen LogP contribution in [0.5, 0.6) is 0 Å². The van der Waals surface area contributed by atoms with Gasteiger partial charge in [-0.05, 0) is 32.5 Å². The molecule has 0 amide bonds. The number of hydrogen-bond acceptors (Lipinski definition) is 2. The molecule has 0 spiro atoms. The van der Waals surface area contributed by atoms with Gasteiger partial charge < -0.3 is 18.1 Å². The smallest absolute Gasteiger partial charge is 0.173 e. The molecule has 2 N–H and O–H groups in total. The van der Waals surface area contributed by atoms with Crippen LogP contribution in [0.25, 0.3) is 0 Å². The number of rotatable bonds is 3. The second-order valence-electron chi connectivity index (χ2n) is 4.30. The molecule has 1 aromatic heterocycles. The lowest BCUT2D eigenvalue weighted by Gasteiger charge is -2.18. The third-order valence-electron chi connectivity index (χ3n) is 3.17. The summed E-state index contributed by atoms with van der Waals surface area (Å²) >= 11 is 0. The van der Waals surface area contributed by atoms with Gasteiger partial charge in [-0.2, -0.15) is 0 Å². The van der Waals surface area contributed by atoms with Crippen LogP contribution in [0.3, 0.4) is 0 Å². The molecule has 1 fully saturated rings. The summed E-state index contributed by atoms with van der Waals surface area (Å²) in [6.07, 6.45) is 6.92. The van der Waals surface area contributed by atoms with Crippen molar-refractivity contribution < 1.29 is 17.0 Å². The zero-order valence-corrected chi connectivity index (χ0v) is 10.5. The van der Waals surface area contributed by atoms with Crippen LogP contribution in [-0.4, -0.2) is 25.0 Å². The minimum Gasteiger partial charge on any atom is -1.00 e. The van der Waals surface area contributed by atoms with Crippen molar-refractivity contribution in [1.82, 2.24) is 4.90 Å². The lowest BCUT2D eigenvalue weighted by molar-refractivity contribution is -0.695. The normalized spacial score (nSPS) is 20.8. The van der Waals surface area contributed by atoms with E-state index in [0.717, 1.165) is 6.54 Å². The van der Waals surface area contributed by atoms with Crippen molar-refractivity contribution >= 4 is 0 Å². The van der Waals surface area contributed by atoms with Crippen molar-refractivity contribution in [2.24, 2.45) is 5.73 Å². The maximum Gasteiger partial charge on any atom is 0.173 e. The van der Waals surface area contributed by atoms with E-state index in [1.54, 1.807) is 0 Å². The van der Waals surface area contributed by atoms with Crippen LogP contribution in [-0.2, 0) is 6.54 Å². The number of halogens is 1. The quantitative estimate of drug-likeness (QED) is 0.605. The zero-order chi connectivity index (χ0) is 10.7. The van der Waals surface area contributed by atoms with Gasteiger partial charge in [-0.25, -0.2) is 4.57 Å². The van der Waals surface area contributed by atoms with Crippen molar-refractivity contribution in [3.8, 4) is 0 Å². The van der Waals surface area contributed by atoms with Crippen molar-refractivity contribution in [3.63, 3.8) is 0 Å². The Kier molecular flexibility index (Phi) is 5.19. The molecule has 4 heteroatoms. The molecule has 0 bridgehead atoms. The molecule has 0 unspecified atom stereocenters. The summed E-state index contributed by atoms with van der Waals surface area (Å²) in [4.78, 5) is 2.43. The number of hydrogen-bond donors (Lipinski definition) is 1. The first-order chi connectivity index (χ1) is 7.31. The lowest BCUT2D eigenvalue weighted by Crippen LogP contribution is -3.00. The molecule has 3 nitrogen and oxygen atoms in total. The highest BCUT2D eigenvalue weighted by atomic mass is 35.5. The predicted molar refractivity (Wildman–Crippen MR) is 60.3 cm³/mol. The van der Waals surface area contributed by atoms with Gasteiger partial charge in [-0.15, -0.1) is 0 Å². The fourth-order valence-electron chi connectivity index (χ4n) is 2.36. The molecule has 2 rings (SSSR count). The standard InChI is InChI=1S/C12H20N3.ClH/c1-14-7-3-5-12(14)11-4-2-8-15(10-11)9-6-13;/h2,4,8,10,12H,3,5-7,9,13H2,1H3;1H/q+1;/p-1/t12-;/m0./s1. The number of nitrogens with zero attached hydrogens (tertiary/aromatic N) is 2. The van der Waals surface area contributed by atoms with Gasteiger partial charge in [0, 0.05) is 17.7 Å². The minimum atomic E-state index is 0. The van der Waals surface area contributed by atoms with Crippen LogP contribution in [0, 0.1) is 0 Å². The summed E-state index contributed by atoms with van der Waals surface area (Å²) in [7, 11) is 2.21. The molecule has 90 valence electrons. The Morgan fingerprint density at radius 1 is 1.56 bits per heavy atom. The Morgan fingerprint density at radius 3 is 3.00 bits per heavy atom. The zero-order valence-electron chi connectivity index (χ0n) is 9.77. The monoisotopic (exact) mass is 241 g/mol. The summed E-state index contributed by atoms with van der Waals surface area (Å²) in [6, 6.07) is 4.95. The number of pyridine rings is 1. The molecule has 0 aliphatic carbocycles. The summed E-state index contributed by atoms with van der Waals surface area (Å²) in [5.74, 6) is 0. The SMILES string of the molecule is CN1CCC[C@H]1c1ccc[n+](CCN)c1.[Cl-]. The number of aromatic nitrogens is 1. The Morgan fingerprint density at radius 2 is 2.38 bits per heavy atom. The molecule has 1 aliphatic heterocycles. The summed E-state index contributed by atoms with van der Waals surface area (Å²) in [5.41, 5.74) is 6.98. The highest BCUT2D eigenvalue weighted by Gasteiger charge is 2.24. The van der Waals surface area contributed by atoms with Gasteiger partial charge >= 0.3 is 0 Å². The van der Waals surface area contributed by atoms with Crippen LogP contribution in [0.2, 0.25) is 0 Å². The Hall–Kier alpha value is -0.640. The van der Waals surface area contributed by atoms with E-state index in [1.807, 2.05) is 0 Å². The second kappa shape index (κ2) is 6.18. The van der Waals surface area contributed by atoms with Crippen LogP contribution in [0.4, 0.5) is 0 Å². The number of nitrogens with two attached hydrogens (primary N) is 1. The molecular weight excluding hydrogens is 222 g/mol. The van der Waals surface area contributed by atoms with Gasteiger partial charge in [0.25, 0.3) is 0 Å². The Balaban J connectivity index is 0.00000128. The molecule has 0 radical (unpaired) electrons. The van der Waals surface area contributed by atoms with Crippen molar-refractivity contribution in [3.05, 3.63) is 30.1 Å². The third-order valence-corrected chi connectivity index (χ3v) is 3.17. The van der Waals surface area contributed by atoms with E-state index in [9.17, 15) is 0 Å². The van der Waals surface area contributed by atoms with E-state index in [4.69, 9.17) is 5.73 Å². The van der Waals surface area contributed by atoms with E-state index >= 15 is 0 Å². The summed E-state index contributed by atoms with van der Waals surface area (Å²) < 4.78 is 2.18. The van der Waals surface area contributed by atoms with E-state index in [0.29, 0.717) is 12.6 Å². The van der Waals surface area contributed by atoms with E-state index in [-0.39, 0.29) is 12.4 Å². The fraction of sp³-hybridized carbons (Fsp3) is 0.583. The third kappa shape index (κ3) is 2.94. The average Bonchev–Trinajstić information content (AvgIpc) is 2.65. The second-order valence-corrected chi connectivity index (χ2v) is 4.30. The maximum atomic E-state index is 5.56. The molecule has 1 aromatic rings. The number of likely N-dealkylation sites (tertiary alicyclic amines) is 1. The highest BCUT2D eigenvalue weighted by molar-refractivity contribution is 5.12. The Bertz CT molecular complexity index is 330. The van der Waals surface area contributed by atoms with Crippen LogP contribution in [0.15, 0.2) is 24.5 Å². The molecule has 16 heavy (non-hydrogen) atoms. The fourth-order valence-corrected chi connectivity index (χ4v) is 2.36. The van der Waals surface area contributed by atoms with Gasteiger partial charge in [-0.1, -0.05) is 0 Å². The van der Waals surface area contributed by atoms with Crippen LogP contribution < -0.4 is 22.7 Å². The minimum absolute atomic E-state index is 0. The predicted octanol–water partition coefficient (Wildman–Crippen LogP) is -2.30. The molecule has 2 heterocycles. The van der Waals surface area contributed by atoms with E-state index < -0.39 is 0 Å². The van der Waals surface area contributed by atoms with Crippen molar-refractivity contribution in [2.45, 2.75) is 25.4 Å². The van der Waals surface area contributed by atoms with E-state index in [2.05, 4.69) is 41.0 Å². The first-order valence-electron chi connectivity index (χ1n) is 5.70. The topological polar surface area (TPSA) is 33.1 Å². The Labute approximate surface area is 104 Å². The van der Waals surface area contributed by atoms with E-state index in [1.165, 1.54) is 24.9 Å². The maximum absolute atomic E-state index is 5.56. The summed E-state index contributed by atoms with van der Waals surface area (Å²) in [6.45, 7) is 2.83. The summed E-state index contributed by atoms with van der Waals surface area (Å²) in [5, 5.41) is 0. The molecule has 1 saturated heterocycles. The molecule has 0 saturated carbocycles. The van der Waals surface area contributed by atoms with Gasteiger partial charge in [0.1, 0.15) is 0 Å². The molecule has 1 aliphatic rings. The average molecular weight is 242 g/mol. The van der Waals surface area contributed by atoms with Gasteiger partial charge in [0.15, 0.2) is 18.9 Å². The lowest BCUT2D eigenvalue weighted by atomic mass is 10.1. The molecule has 1 atom stereocenters. The van der Waals surface area contributed by atoms with Crippen LogP contribution >= 0.6 is 0 Å². The largest absolute Gasteiger partial charge is 1.00 e. The van der Waals surface area contributed by atoms with Gasteiger partial charge in [0.2, 0.25) is 0 Å². The van der Waals surface area contributed by atoms with Crippen LogP contribution in [0.1, 0.15) is 24.4 Å². The van der Waals surface area contributed by atoms with Gasteiger partial charge in [0.05, 0.1) is 6.54 Å². The highest BCUT2D eigenvalue weighted by Crippen LogP contribution is 2.29. The van der Waals surface area contributed by atoms with Crippen molar-refractivity contribution in [2.75, 3.05) is 20.1 Å². The first kappa shape index (κ1) is 13.4. The molecule has 0 aromatic carbocycles.